The Morgan fingerprint density at radius 3 is 3.06 bits per heavy atom. The van der Waals surface area contributed by atoms with E-state index in [1.807, 2.05) is 13.1 Å². The number of aromatic amines is 1. The van der Waals surface area contributed by atoms with E-state index >= 15 is 0 Å². The Morgan fingerprint density at radius 1 is 1.56 bits per heavy atom. The minimum absolute atomic E-state index is 0.00119. The highest BCUT2D eigenvalue weighted by atomic mass is 16.1. The average molecular weight is 220 g/mol. The Balaban J connectivity index is 2.25. The summed E-state index contributed by atoms with van der Waals surface area (Å²) in [7, 11) is 0. The number of aromatic nitrogens is 1. The van der Waals surface area contributed by atoms with Gasteiger partial charge in [-0.3, -0.25) is 9.69 Å². The minimum Gasteiger partial charge on any atom is -0.329 e. The number of likely N-dealkylation sites (tertiary alicyclic amines) is 1. The van der Waals surface area contributed by atoms with Crippen molar-refractivity contribution in [2.24, 2.45) is 0 Å². The van der Waals surface area contributed by atoms with E-state index in [0.29, 0.717) is 6.04 Å². The molecule has 0 aromatic carbocycles. The molecule has 0 spiro atoms. The van der Waals surface area contributed by atoms with Crippen LogP contribution in [-0.4, -0.2) is 23.0 Å². The van der Waals surface area contributed by atoms with Crippen molar-refractivity contribution in [3.05, 3.63) is 33.7 Å². The van der Waals surface area contributed by atoms with E-state index in [0.717, 1.165) is 12.1 Å². The number of hydrogen-bond acceptors (Lipinski definition) is 2. The van der Waals surface area contributed by atoms with Crippen molar-refractivity contribution in [3.63, 3.8) is 0 Å². The van der Waals surface area contributed by atoms with Crippen LogP contribution in [0.25, 0.3) is 0 Å². The maximum atomic E-state index is 11.2. The van der Waals surface area contributed by atoms with Gasteiger partial charge in [0.15, 0.2) is 0 Å². The summed E-state index contributed by atoms with van der Waals surface area (Å²) >= 11 is 0. The molecule has 1 aliphatic heterocycles. The van der Waals surface area contributed by atoms with Gasteiger partial charge in [0, 0.05) is 18.3 Å². The van der Waals surface area contributed by atoms with Crippen molar-refractivity contribution in [2.75, 3.05) is 13.1 Å². The Hall–Kier alpha value is -1.09. The van der Waals surface area contributed by atoms with Crippen LogP contribution in [-0.2, 0) is 0 Å². The topological polar surface area (TPSA) is 36.1 Å². The molecule has 0 saturated carbocycles. The van der Waals surface area contributed by atoms with Crippen molar-refractivity contribution in [1.82, 2.24) is 9.88 Å². The largest absolute Gasteiger partial charge is 0.329 e. The van der Waals surface area contributed by atoms with Gasteiger partial charge in [-0.1, -0.05) is 6.92 Å². The van der Waals surface area contributed by atoms with Crippen LogP contribution in [0.4, 0.5) is 0 Å². The normalized spacial score (nSPS) is 21.5. The lowest BCUT2D eigenvalue weighted by molar-refractivity contribution is 0.257. The van der Waals surface area contributed by atoms with E-state index < -0.39 is 0 Å². The van der Waals surface area contributed by atoms with Crippen LogP contribution >= 0.6 is 0 Å². The number of hydrogen-bond donors (Lipinski definition) is 1. The summed E-state index contributed by atoms with van der Waals surface area (Å²) in [5, 5.41) is 0. The number of rotatable bonds is 3. The number of nitrogens with zero attached hydrogens (tertiary/aromatic N) is 1. The first-order valence-electron chi connectivity index (χ1n) is 6.15. The number of aryl methyl sites for hydroxylation is 1. The molecule has 1 atom stereocenters. The van der Waals surface area contributed by atoms with Crippen LogP contribution in [0, 0.1) is 6.92 Å². The zero-order valence-electron chi connectivity index (χ0n) is 10.1. The summed E-state index contributed by atoms with van der Waals surface area (Å²) in [6.45, 7) is 6.60. The minimum atomic E-state index is 0.00119. The first-order valence-corrected chi connectivity index (χ1v) is 6.15. The average Bonchev–Trinajstić information content (AvgIpc) is 2.67. The Morgan fingerprint density at radius 2 is 2.38 bits per heavy atom. The molecule has 16 heavy (non-hydrogen) atoms. The molecule has 0 bridgehead atoms. The molecule has 1 aliphatic rings. The number of nitrogens with one attached hydrogen (secondary N) is 1. The van der Waals surface area contributed by atoms with E-state index in [1.54, 1.807) is 6.07 Å². The SMILES string of the molecule is CCCN1CCCC1c1c[nH]c(=O)cc1C. The van der Waals surface area contributed by atoms with Gasteiger partial charge in [0.2, 0.25) is 5.56 Å². The van der Waals surface area contributed by atoms with E-state index in [2.05, 4.69) is 16.8 Å². The van der Waals surface area contributed by atoms with Gasteiger partial charge in [0.1, 0.15) is 0 Å². The van der Waals surface area contributed by atoms with Gasteiger partial charge in [-0.2, -0.15) is 0 Å². The van der Waals surface area contributed by atoms with Crippen molar-refractivity contribution in [2.45, 2.75) is 39.2 Å². The molecule has 88 valence electrons. The lowest BCUT2D eigenvalue weighted by atomic mass is 10.0. The molecule has 1 unspecified atom stereocenters. The summed E-state index contributed by atoms with van der Waals surface area (Å²) in [6, 6.07) is 2.22. The van der Waals surface area contributed by atoms with E-state index in [1.165, 1.54) is 31.4 Å². The molecule has 1 saturated heterocycles. The summed E-state index contributed by atoms with van der Waals surface area (Å²) in [6.07, 6.45) is 5.57. The highest BCUT2D eigenvalue weighted by Crippen LogP contribution is 2.32. The maximum Gasteiger partial charge on any atom is 0.248 e. The van der Waals surface area contributed by atoms with Gasteiger partial charge < -0.3 is 4.98 Å². The zero-order valence-corrected chi connectivity index (χ0v) is 10.1. The molecule has 0 radical (unpaired) electrons. The standard InChI is InChI=1S/C13H20N2O/c1-3-6-15-7-4-5-12(15)11-9-14-13(16)8-10(11)2/h8-9,12H,3-7H2,1-2H3,(H,14,16). The van der Waals surface area contributed by atoms with Crippen LogP contribution in [0.3, 0.4) is 0 Å². The van der Waals surface area contributed by atoms with Crippen LogP contribution in [0.1, 0.15) is 43.4 Å². The van der Waals surface area contributed by atoms with Crippen molar-refractivity contribution >= 4 is 0 Å². The Bertz CT molecular complexity index is 411. The van der Waals surface area contributed by atoms with Crippen molar-refractivity contribution in [3.8, 4) is 0 Å². The fourth-order valence-electron chi connectivity index (χ4n) is 2.68. The smallest absolute Gasteiger partial charge is 0.248 e. The summed E-state index contributed by atoms with van der Waals surface area (Å²) in [5.41, 5.74) is 2.42. The van der Waals surface area contributed by atoms with Crippen LogP contribution in [0.15, 0.2) is 17.1 Å². The highest BCUT2D eigenvalue weighted by molar-refractivity contribution is 5.25. The molecule has 1 aromatic rings. The quantitative estimate of drug-likeness (QED) is 0.848. The number of H-pyrrole nitrogens is 1. The highest BCUT2D eigenvalue weighted by Gasteiger charge is 2.26. The molecule has 2 rings (SSSR count). The Labute approximate surface area is 96.5 Å². The summed E-state index contributed by atoms with van der Waals surface area (Å²) in [5.74, 6) is 0. The predicted molar refractivity (Wildman–Crippen MR) is 65.6 cm³/mol. The van der Waals surface area contributed by atoms with Gasteiger partial charge in [0.25, 0.3) is 0 Å². The first-order chi connectivity index (χ1) is 7.72. The van der Waals surface area contributed by atoms with E-state index in [9.17, 15) is 4.79 Å². The van der Waals surface area contributed by atoms with Gasteiger partial charge in [-0.15, -0.1) is 0 Å². The molecule has 3 heteroatoms. The van der Waals surface area contributed by atoms with E-state index in [-0.39, 0.29) is 5.56 Å². The van der Waals surface area contributed by atoms with Gasteiger partial charge in [-0.25, -0.2) is 0 Å². The van der Waals surface area contributed by atoms with Crippen LogP contribution in [0.2, 0.25) is 0 Å². The lowest BCUT2D eigenvalue weighted by Gasteiger charge is -2.25. The summed E-state index contributed by atoms with van der Waals surface area (Å²) in [4.78, 5) is 16.5. The molecule has 0 aliphatic carbocycles. The van der Waals surface area contributed by atoms with Gasteiger partial charge in [0.05, 0.1) is 0 Å². The molecular weight excluding hydrogens is 200 g/mol. The third-order valence-electron chi connectivity index (χ3n) is 3.41. The zero-order chi connectivity index (χ0) is 11.5. The second kappa shape index (κ2) is 4.83. The van der Waals surface area contributed by atoms with Crippen molar-refractivity contribution in [1.29, 1.82) is 0 Å². The molecule has 1 aromatic heterocycles. The molecule has 3 nitrogen and oxygen atoms in total. The molecule has 1 fully saturated rings. The molecule has 0 amide bonds. The van der Waals surface area contributed by atoms with Crippen molar-refractivity contribution < 1.29 is 0 Å². The van der Waals surface area contributed by atoms with Crippen LogP contribution in [0.5, 0.6) is 0 Å². The van der Waals surface area contributed by atoms with Gasteiger partial charge >= 0.3 is 0 Å². The molecule has 2 heterocycles. The fraction of sp³-hybridized carbons (Fsp3) is 0.615. The number of pyridine rings is 1. The third kappa shape index (κ3) is 2.19. The predicted octanol–water partition coefficient (Wildman–Crippen LogP) is 2.23. The van der Waals surface area contributed by atoms with Gasteiger partial charge in [-0.05, 0) is 50.4 Å². The third-order valence-corrected chi connectivity index (χ3v) is 3.41. The molecular formula is C13H20N2O. The second-order valence-corrected chi connectivity index (χ2v) is 4.63. The molecule has 1 N–H and O–H groups in total. The summed E-state index contributed by atoms with van der Waals surface area (Å²) < 4.78 is 0. The fourth-order valence-corrected chi connectivity index (χ4v) is 2.68. The first kappa shape index (κ1) is 11.4. The Kier molecular flexibility index (Phi) is 3.44. The second-order valence-electron chi connectivity index (χ2n) is 4.63. The van der Waals surface area contributed by atoms with E-state index in [4.69, 9.17) is 0 Å². The monoisotopic (exact) mass is 220 g/mol. The maximum absolute atomic E-state index is 11.2. The van der Waals surface area contributed by atoms with Crippen LogP contribution < -0.4 is 5.56 Å². The lowest BCUT2D eigenvalue weighted by Crippen LogP contribution is -2.25.